The van der Waals surface area contributed by atoms with Crippen molar-refractivity contribution in [2.75, 3.05) is 18.1 Å². The zero-order chi connectivity index (χ0) is 22.2. The van der Waals surface area contributed by atoms with Crippen molar-refractivity contribution >= 4 is 5.69 Å². The van der Waals surface area contributed by atoms with E-state index in [2.05, 4.69) is 33.1 Å². The minimum Gasteiger partial charge on any atom is -0.486 e. The van der Waals surface area contributed by atoms with E-state index in [4.69, 9.17) is 4.74 Å². The molecule has 0 saturated heterocycles. The van der Waals surface area contributed by atoms with Gasteiger partial charge in [-0.1, -0.05) is 18.2 Å². The summed E-state index contributed by atoms with van der Waals surface area (Å²) in [5.41, 5.74) is 5.06. The number of hydrogen-bond donors (Lipinski definition) is 0. The topological polar surface area (TPSA) is 38.2 Å². The normalized spacial score (nSPS) is 15.3. The van der Waals surface area contributed by atoms with Crippen LogP contribution in [0.1, 0.15) is 49.2 Å². The van der Waals surface area contributed by atoms with E-state index in [9.17, 15) is 8.78 Å². The van der Waals surface area contributed by atoms with Crippen LogP contribution in [0.5, 0.6) is 5.75 Å². The Morgan fingerprint density at radius 2 is 1.84 bits per heavy atom. The second-order valence-corrected chi connectivity index (χ2v) is 8.91. The van der Waals surface area contributed by atoms with Gasteiger partial charge in [-0.3, -0.25) is 0 Å². The Hall–Kier alpha value is -3.02. The predicted octanol–water partition coefficient (Wildman–Crippen LogP) is 5.50. The first kappa shape index (κ1) is 20.9. The van der Waals surface area contributed by atoms with Crippen LogP contribution < -0.4 is 9.64 Å². The molecule has 2 aliphatic rings. The maximum absolute atomic E-state index is 14.9. The SMILES string of the molecule is CC(C)N1CCOc2c(F)cc(-c3nc(Cc4ccc5c(c4)CCCC5)ncc3F)cc21. The van der Waals surface area contributed by atoms with Gasteiger partial charge in [-0.15, -0.1) is 0 Å². The predicted molar refractivity (Wildman–Crippen MR) is 121 cm³/mol. The van der Waals surface area contributed by atoms with E-state index in [1.54, 1.807) is 6.07 Å². The molecule has 1 aliphatic carbocycles. The van der Waals surface area contributed by atoms with Gasteiger partial charge in [-0.05, 0) is 68.4 Å². The maximum atomic E-state index is 14.9. The molecule has 0 saturated carbocycles. The molecule has 4 nitrogen and oxygen atoms in total. The van der Waals surface area contributed by atoms with Gasteiger partial charge in [0.2, 0.25) is 0 Å². The van der Waals surface area contributed by atoms with E-state index in [0.717, 1.165) is 18.4 Å². The number of fused-ring (bicyclic) bond motifs is 2. The van der Waals surface area contributed by atoms with Gasteiger partial charge in [0.25, 0.3) is 0 Å². The number of nitrogens with zero attached hydrogens (tertiary/aromatic N) is 3. The van der Waals surface area contributed by atoms with Gasteiger partial charge in [-0.2, -0.15) is 0 Å². The Kier molecular flexibility index (Phi) is 5.53. The lowest BCUT2D eigenvalue weighted by molar-refractivity contribution is 0.287. The monoisotopic (exact) mass is 435 g/mol. The van der Waals surface area contributed by atoms with Gasteiger partial charge < -0.3 is 9.64 Å². The van der Waals surface area contributed by atoms with Crippen molar-refractivity contribution in [2.24, 2.45) is 0 Å². The second kappa shape index (κ2) is 8.49. The Labute approximate surface area is 187 Å². The molecule has 0 spiro atoms. The molecule has 2 heterocycles. The average molecular weight is 436 g/mol. The molecular formula is C26H27F2N3O. The second-order valence-electron chi connectivity index (χ2n) is 8.91. The first-order valence-electron chi connectivity index (χ1n) is 11.3. The first-order valence-corrected chi connectivity index (χ1v) is 11.3. The van der Waals surface area contributed by atoms with Crippen LogP contribution >= 0.6 is 0 Å². The third-order valence-corrected chi connectivity index (χ3v) is 6.38. The number of aromatic nitrogens is 2. The van der Waals surface area contributed by atoms with Gasteiger partial charge in [0.1, 0.15) is 18.1 Å². The van der Waals surface area contributed by atoms with Crippen molar-refractivity contribution in [3.8, 4) is 17.0 Å². The summed E-state index contributed by atoms with van der Waals surface area (Å²) in [5.74, 6) is -0.326. The molecule has 6 heteroatoms. The first-order chi connectivity index (χ1) is 15.5. The average Bonchev–Trinajstić information content (AvgIpc) is 2.79. The van der Waals surface area contributed by atoms with Crippen LogP contribution in [0.25, 0.3) is 11.3 Å². The maximum Gasteiger partial charge on any atom is 0.178 e. The van der Waals surface area contributed by atoms with Crippen molar-refractivity contribution in [1.82, 2.24) is 9.97 Å². The highest BCUT2D eigenvalue weighted by molar-refractivity contribution is 5.72. The highest BCUT2D eigenvalue weighted by Gasteiger charge is 2.25. The van der Waals surface area contributed by atoms with Crippen LogP contribution in [0.3, 0.4) is 0 Å². The summed E-state index contributed by atoms with van der Waals surface area (Å²) in [6, 6.07) is 9.75. The Bertz CT molecular complexity index is 1160. The number of hydrogen-bond acceptors (Lipinski definition) is 4. The molecule has 2 aromatic carbocycles. The van der Waals surface area contributed by atoms with Crippen LogP contribution in [0.15, 0.2) is 36.5 Å². The molecule has 1 aromatic heterocycles. The fourth-order valence-electron chi connectivity index (χ4n) is 4.75. The van der Waals surface area contributed by atoms with Crippen molar-refractivity contribution in [3.05, 3.63) is 70.7 Å². The van der Waals surface area contributed by atoms with E-state index in [0.29, 0.717) is 36.6 Å². The number of aryl methyl sites for hydroxylation is 2. The van der Waals surface area contributed by atoms with E-state index < -0.39 is 11.6 Å². The highest BCUT2D eigenvalue weighted by Crippen LogP contribution is 2.39. The van der Waals surface area contributed by atoms with Crippen LogP contribution in [-0.4, -0.2) is 29.2 Å². The lowest BCUT2D eigenvalue weighted by Gasteiger charge is -2.34. The number of rotatable bonds is 4. The van der Waals surface area contributed by atoms with Crippen LogP contribution in [0, 0.1) is 11.6 Å². The van der Waals surface area contributed by atoms with Gasteiger partial charge in [0.15, 0.2) is 17.4 Å². The van der Waals surface area contributed by atoms with Crippen LogP contribution in [-0.2, 0) is 19.3 Å². The number of halogens is 2. The Balaban J connectivity index is 1.49. The van der Waals surface area contributed by atoms with Crippen molar-refractivity contribution < 1.29 is 13.5 Å². The molecule has 5 rings (SSSR count). The quantitative estimate of drug-likeness (QED) is 0.543. The van der Waals surface area contributed by atoms with Crippen molar-refractivity contribution in [3.63, 3.8) is 0 Å². The summed E-state index contributed by atoms with van der Waals surface area (Å²) < 4.78 is 35.2. The van der Waals surface area contributed by atoms with E-state index in [-0.39, 0.29) is 17.5 Å². The minimum absolute atomic E-state index is 0.115. The summed E-state index contributed by atoms with van der Waals surface area (Å²) in [5, 5.41) is 0. The molecule has 0 N–H and O–H groups in total. The molecule has 0 atom stereocenters. The van der Waals surface area contributed by atoms with Gasteiger partial charge in [0, 0.05) is 18.0 Å². The molecule has 0 unspecified atom stereocenters. The van der Waals surface area contributed by atoms with E-state index in [1.807, 2.05) is 13.8 Å². The van der Waals surface area contributed by atoms with Crippen molar-refractivity contribution in [1.29, 1.82) is 0 Å². The molecule has 3 aromatic rings. The number of ether oxygens (including phenoxy) is 1. The number of benzene rings is 2. The Morgan fingerprint density at radius 3 is 2.66 bits per heavy atom. The van der Waals surface area contributed by atoms with Crippen molar-refractivity contribution in [2.45, 2.75) is 52.0 Å². The zero-order valence-corrected chi connectivity index (χ0v) is 18.5. The Morgan fingerprint density at radius 1 is 1.03 bits per heavy atom. The molecule has 166 valence electrons. The summed E-state index contributed by atoms with van der Waals surface area (Å²) >= 11 is 0. The van der Waals surface area contributed by atoms with Crippen LogP contribution in [0.2, 0.25) is 0 Å². The molecule has 1 aliphatic heterocycles. The zero-order valence-electron chi connectivity index (χ0n) is 18.5. The largest absolute Gasteiger partial charge is 0.486 e. The lowest BCUT2D eigenvalue weighted by Crippen LogP contribution is -2.38. The minimum atomic E-state index is -0.564. The molecule has 0 amide bonds. The van der Waals surface area contributed by atoms with Crippen LogP contribution in [0.4, 0.5) is 14.5 Å². The summed E-state index contributed by atoms with van der Waals surface area (Å²) in [6.45, 7) is 5.17. The van der Waals surface area contributed by atoms with Gasteiger partial charge in [-0.25, -0.2) is 18.7 Å². The van der Waals surface area contributed by atoms with E-state index in [1.165, 1.54) is 36.2 Å². The van der Waals surface area contributed by atoms with Gasteiger partial charge in [0.05, 0.1) is 18.4 Å². The summed E-state index contributed by atoms with van der Waals surface area (Å²) in [6.07, 6.45) is 6.39. The highest BCUT2D eigenvalue weighted by atomic mass is 19.1. The molecular weight excluding hydrogens is 408 g/mol. The summed E-state index contributed by atoms with van der Waals surface area (Å²) in [4.78, 5) is 10.8. The van der Waals surface area contributed by atoms with Gasteiger partial charge >= 0.3 is 0 Å². The molecule has 32 heavy (non-hydrogen) atoms. The molecule has 0 fully saturated rings. The standard InChI is InChI=1S/C26H27F2N3O/c1-16(2)31-9-10-32-26-21(27)13-20(14-23(26)31)25-22(28)15-29-24(30-25)12-17-7-8-18-5-3-4-6-19(18)11-17/h7-8,11,13-16H,3-6,9-10,12H2,1-2H3. The smallest absolute Gasteiger partial charge is 0.178 e. The number of anilines is 1. The molecule has 0 bridgehead atoms. The lowest BCUT2D eigenvalue weighted by atomic mass is 9.90. The third-order valence-electron chi connectivity index (χ3n) is 6.38. The van der Waals surface area contributed by atoms with E-state index >= 15 is 0 Å². The fraction of sp³-hybridized carbons (Fsp3) is 0.385. The third kappa shape index (κ3) is 3.94. The summed E-state index contributed by atoms with van der Waals surface area (Å²) in [7, 11) is 0. The molecule has 0 radical (unpaired) electrons. The fourth-order valence-corrected chi connectivity index (χ4v) is 4.75.